The summed E-state index contributed by atoms with van der Waals surface area (Å²) in [6.07, 6.45) is -2.78. The second-order valence-corrected chi connectivity index (χ2v) is 9.84. The average Bonchev–Trinajstić information content (AvgIpc) is 2.99. The third-order valence-corrected chi connectivity index (χ3v) is 7.25. The Morgan fingerprint density at radius 1 is 0.578 bits per heavy atom. The molecule has 18 heteroatoms. The van der Waals surface area contributed by atoms with Crippen molar-refractivity contribution in [1.82, 2.24) is 0 Å². The van der Waals surface area contributed by atoms with E-state index in [2.05, 4.69) is 0 Å². The molecule has 3 aromatic rings. The third kappa shape index (κ3) is 4.27. The van der Waals surface area contributed by atoms with Crippen LogP contribution in [0.5, 0.6) is 51.7 Å². The SMILES string of the molecule is O=C1O[C@H](CO)[C@](O)(C(=O)c2cc(O)c(O)c(O)c2)[C@@](O)(C(=O)c2cc(O)c(O)c(O)c2)[C@]1(O)C(=O)c1cc(O)c(O)c(O)c1. The molecule has 238 valence electrons. The summed E-state index contributed by atoms with van der Waals surface area (Å²) < 4.78 is 4.74. The second-order valence-electron chi connectivity index (χ2n) is 9.84. The number of aromatic hydroxyl groups is 9. The van der Waals surface area contributed by atoms with Gasteiger partial charge in [-0.05, 0) is 36.4 Å². The number of carbonyl (C=O) groups excluding carboxylic acids is 4. The molecule has 0 amide bonds. The fourth-order valence-corrected chi connectivity index (χ4v) is 4.87. The molecule has 0 bridgehead atoms. The van der Waals surface area contributed by atoms with Gasteiger partial charge in [0.1, 0.15) is 0 Å². The Labute approximate surface area is 248 Å². The zero-order valence-corrected chi connectivity index (χ0v) is 22.1. The number of aliphatic hydroxyl groups excluding tert-OH is 1. The van der Waals surface area contributed by atoms with Gasteiger partial charge in [0.15, 0.2) is 57.8 Å². The molecule has 0 radical (unpaired) electrons. The van der Waals surface area contributed by atoms with Crippen molar-refractivity contribution in [2.45, 2.75) is 22.9 Å². The number of rotatable bonds is 7. The van der Waals surface area contributed by atoms with Crippen molar-refractivity contribution in [2.75, 3.05) is 6.61 Å². The molecule has 0 unspecified atom stereocenters. The summed E-state index contributed by atoms with van der Waals surface area (Å²) >= 11 is 0. The van der Waals surface area contributed by atoms with Gasteiger partial charge in [-0.15, -0.1) is 0 Å². The summed E-state index contributed by atoms with van der Waals surface area (Å²) in [4.78, 5) is 55.1. The maximum Gasteiger partial charge on any atom is 0.350 e. The first-order valence-electron chi connectivity index (χ1n) is 12.2. The number of Topliss-reactive ketones (excluding diaryl/α,β-unsaturated/α-hetero) is 3. The molecular weight excluding hydrogens is 612 g/mol. The summed E-state index contributed by atoms with van der Waals surface area (Å²) in [5, 5.41) is 134. The molecule has 0 aliphatic carbocycles. The van der Waals surface area contributed by atoms with Crippen molar-refractivity contribution in [3.8, 4) is 51.7 Å². The van der Waals surface area contributed by atoms with E-state index in [0.717, 1.165) is 0 Å². The Morgan fingerprint density at radius 3 is 1.22 bits per heavy atom. The quantitative estimate of drug-likeness (QED) is 0.0583. The predicted molar refractivity (Wildman–Crippen MR) is 139 cm³/mol. The predicted octanol–water partition coefficient (Wildman–Crippen LogP) is -1.90. The second kappa shape index (κ2) is 10.4. The molecule has 45 heavy (non-hydrogen) atoms. The number of benzene rings is 3. The molecule has 3 aromatic carbocycles. The first kappa shape index (κ1) is 32.1. The van der Waals surface area contributed by atoms with Gasteiger partial charge in [0.25, 0.3) is 5.60 Å². The molecule has 0 aromatic heterocycles. The Kier molecular flexibility index (Phi) is 7.43. The number of esters is 1. The lowest BCUT2D eigenvalue weighted by Crippen LogP contribution is -2.86. The van der Waals surface area contributed by atoms with Crippen LogP contribution in [0.1, 0.15) is 31.1 Å². The van der Waals surface area contributed by atoms with E-state index < -0.39 is 121 Å². The van der Waals surface area contributed by atoms with Gasteiger partial charge in [-0.25, -0.2) is 4.79 Å². The number of ketones is 3. The van der Waals surface area contributed by atoms with Crippen molar-refractivity contribution < 1.29 is 90.3 Å². The normalized spacial score (nSPS) is 24.5. The van der Waals surface area contributed by atoms with Crippen molar-refractivity contribution in [2.24, 2.45) is 0 Å². The number of cyclic esters (lactones) is 1. The lowest BCUT2D eigenvalue weighted by Gasteiger charge is -2.53. The van der Waals surface area contributed by atoms with E-state index in [-0.39, 0.29) is 12.1 Å². The van der Waals surface area contributed by atoms with E-state index in [1.807, 2.05) is 0 Å². The van der Waals surface area contributed by atoms with Crippen LogP contribution in [0.4, 0.5) is 0 Å². The maximum absolute atomic E-state index is 14.1. The number of carbonyl (C=O) groups is 4. The molecule has 0 saturated carbocycles. The molecule has 0 spiro atoms. The lowest BCUT2D eigenvalue weighted by molar-refractivity contribution is -0.262. The fourth-order valence-electron chi connectivity index (χ4n) is 4.87. The van der Waals surface area contributed by atoms with Gasteiger partial charge < -0.3 is 71.1 Å². The van der Waals surface area contributed by atoms with Gasteiger partial charge in [-0.2, -0.15) is 0 Å². The standard InChI is InChI=1S/C27H22O18/c28-7-17-25(42,21(38)8-1-11(29)18(35)12(30)2-8)27(44,23(40)10-5-15(33)20(37)16(34)6-10)26(43,24(41)45-17)22(39)9-3-13(31)19(36)14(32)4-9/h1-6,17,28-37,42-44H,7H2/t17-,25+,26+,27+/m1/s1. The van der Waals surface area contributed by atoms with Gasteiger partial charge in [0.05, 0.1) is 6.61 Å². The van der Waals surface area contributed by atoms with Gasteiger partial charge in [0, 0.05) is 16.7 Å². The van der Waals surface area contributed by atoms with Gasteiger partial charge in [0.2, 0.25) is 28.6 Å². The van der Waals surface area contributed by atoms with Crippen molar-refractivity contribution in [1.29, 1.82) is 0 Å². The van der Waals surface area contributed by atoms with Gasteiger partial charge in [-0.1, -0.05) is 0 Å². The number of aliphatic hydroxyl groups is 4. The Hall–Kier alpha value is -5.82. The molecule has 4 atom stereocenters. The number of ether oxygens (including phenoxy) is 1. The van der Waals surface area contributed by atoms with Crippen LogP contribution in [-0.2, 0) is 9.53 Å². The molecular formula is C27H22O18. The van der Waals surface area contributed by atoms with Crippen LogP contribution in [0.2, 0.25) is 0 Å². The van der Waals surface area contributed by atoms with Gasteiger partial charge in [-0.3, -0.25) is 14.4 Å². The highest BCUT2D eigenvalue weighted by molar-refractivity contribution is 6.26. The fraction of sp³-hybridized carbons (Fsp3) is 0.185. The van der Waals surface area contributed by atoms with Crippen LogP contribution in [0.25, 0.3) is 0 Å². The minimum absolute atomic E-state index is 0.287. The highest BCUT2D eigenvalue weighted by Gasteiger charge is 2.81. The van der Waals surface area contributed by atoms with Crippen molar-refractivity contribution in [3.63, 3.8) is 0 Å². The summed E-state index contributed by atoms with van der Waals surface area (Å²) in [5.41, 5.74) is -16.9. The van der Waals surface area contributed by atoms with Crippen molar-refractivity contribution >= 4 is 23.3 Å². The zero-order chi connectivity index (χ0) is 34.0. The van der Waals surface area contributed by atoms with Crippen LogP contribution in [0.15, 0.2) is 36.4 Å². The smallest absolute Gasteiger partial charge is 0.350 e. The maximum atomic E-state index is 14.1. The monoisotopic (exact) mass is 634 g/mol. The van der Waals surface area contributed by atoms with Crippen LogP contribution in [-0.4, -0.2) is 119 Å². The van der Waals surface area contributed by atoms with E-state index in [1.54, 1.807) is 0 Å². The Bertz CT molecular complexity index is 1730. The van der Waals surface area contributed by atoms with E-state index in [1.165, 1.54) is 0 Å². The zero-order valence-electron chi connectivity index (χ0n) is 22.1. The van der Waals surface area contributed by atoms with E-state index in [0.29, 0.717) is 24.3 Å². The van der Waals surface area contributed by atoms with E-state index in [9.17, 15) is 85.6 Å². The summed E-state index contributed by atoms with van der Waals surface area (Å²) in [5.74, 6) is -20.1. The highest BCUT2D eigenvalue weighted by Crippen LogP contribution is 2.50. The van der Waals surface area contributed by atoms with Crippen molar-refractivity contribution in [3.05, 3.63) is 53.1 Å². The van der Waals surface area contributed by atoms with Crippen LogP contribution in [0, 0.1) is 0 Å². The molecule has 1 heterocycles. The first-order chi connectivity index (χ1) is 20.8. The molecule has 1 fully saturated rings. The summed E-state index contributed by atoms with van der Waals surface area (Å²) in [6, 6.07) is 1.88. The topological polar surface area (TPSA) is 340 Å². The minimum Gasteiger partial charge on any atom is -0.504 e. The minimum atomic E-state index is -4.63. The van der Waals surface area contributed by atoms with Crippen LogP contribution >= 0.6 is 0 Å². The molecule has 18 nitrogen and oxygen atoms in total. The summed E-state index contributed by atoms with van der Waals surface area (Å²) in [6.45, 7) is -1.66. The number of hydrogen-bond acceptors (Lipinski definition) is 18. The lowest BCUT2D eigenvalue weighted by atomic mass is 9.58. The Balaban J connectivity index is 2.13. The third-order valence-electron chi connectivity index (χ3n) is 7.25. The van der Waals surface area contributed by atoms with Crippen LogP contribution in [0.3, 0.4) is 0 Å². The molecule has 1 aliphatic heterocycles. The molecule has 4 rings (SSSR count). The molecule has 1 aliphatic rings. The first-order valence-corrected chi connectivity index (χ1v) is 12.2. The highest BCUT2D eigenvalue weighted by atomic mass is 16.6. The molecule has 13 N–H and O–H groups in total. The number of phenols is 9. The number of phenolic OH excluding ortho intramolecular Hbond substituents is 9. The average molecular weight is 634 g/mol. The van der Waals surface area contributed by atoms with E-state index in [4.69, 9.17) is 4.74 Å². The van der Waals surface area contributed by atoms with Gasteiger partial charge >= 0.3 is 5.97 Å². The van der Waals surface area contributed by atoms with E-state index >= 15 is 0 Å². The van der Waals surface area contributed by atoms with Crippen LogP contribution < -0.4 is 0 Å². The Morgan fingerprint density at radius 2 is 0.889 bits per heavy atom. The summed E-state index contributed by atoms with van der Waals surface area (Å²) in [7, 11) is 0. The largest absolute Gasteiger partial charge is 0.504 e. The number of hydrogen-bond donors (Lipinski definition) is 13. The molecule has 1 saturated heterocycles.